The Balaban J connectivity index is 1.35. The first-order valence-corrected chi connectivity index (χ1v) is 12.5. The summed E-state index contributed by atoms with van der Waals surface area (Å²) < 4.78 is 45.9. The number of ether oxygens (including phenoxy) is 3. The van der Waals surface area contributed by atoms with E-state index in [1.165, 1.54) is 24.3 Å². The molecular formula is C30H27F2NO7. The van der Waals surface area contributed by atoms with Crippen molar-refractivity contribution >= 4 is 11.9 Å². The van der Waals surface area contributed by atoms with Gasteiger partial charge in [-0.15, -0.1) is 0 Å². The number of alkyl halides is 2. The monoisotopic (exact) mass is 551 g/mol. The molecule has 1 atom stereocenters. The van der Waals surface area contributed by atoms with E-state index in [0.29, 0.717) is 36.0 Å². The van der Waals surface area contributed by atoms with E-state index in [1.807, 2.05) is 37.3 Å². The van der Waals surface area contributed by atoms with E-state index in [0.717, 1.165) is 11.3 Å². The lowest BCUT2D eigenvalue weighted by molar-refractivity contribution is -0.146. The van der Waals surface area contributed by atoms with E-state index < -0.39 is 30.9 Å². The summed E-state index contributed by atoms with van der Waals surface area (Å²) in [5.41, 5.74) is 2.36. The van der Waals surface area contributed by atoms with Gasteiger partial charge in [-0.2, -0.15) is 8.78 Å². The molecule has 0 fully saturated rings. The zero-order valence-corrected chi connectivity index (χ0v) is 21.6. The Morgan fingerprint density at radius 1 is 0.950 bits per heavy atom. The predicted molar refractivity (Wildman–Crippen MR) is 140 cm³/mol. The van der Waals surface area contributed by atoms with Crippen molar-refractivity contribution in [2.45, 2.75) is 32.8 Å². The molecule has 40 heavy (non-hydrogen) atoms. The fourth-order valence-electron chi connectivity index (χ4n) is 4.01. The first kappa shape index (κ1) is 28.3. The molecule has 1 heterocycles. The van der Waals surface area contributed by atoms with Crippen LogP contribution in [0.4, 0.5) is 8.78 Å². The van der Waals surface area contributed by atoms with Crippen molar-refractivity contribution in [2.75, 3.05) is 6.61 Å². The molecule has 1 aromatic heterocycles. The van der Waals surface area contributed by atoms with E-state index in [4.69, 9.17) is 13.9 Å². The first-order valence-electron chi connectivity index (χ1n) is 12.5. The van der Waals surface area contributed by atoms with Crippen LogP contribution < -0.4 is 14.2 Å². The highest BCUT2D eigenvalue weighted by atomic mass is 19.3. The van der Waals surface area contributed by atoms with Crippen LogP contribution in [0.15, 0.2) is 83.3 Å². The van der Waals surface area contributed by atoms with Crippen LogP contribution in [0.3, 0.4) is 0 Å². The predicted octanol–water partition coefficient (Wildman–Crippen LogP) is 6.11. The van der Waals surface area contributed by atoms with Gasteiger partial charge in [0.2, 0.25) is 5.89 Å². The van der Waals surface area contributed by atoms with Crippen LogP contribution in [0.25, 0.3) is 11.5 Å². The maximum atomic E-state index is 12.8. The van der Waals surface area contributed by atoms with Crippen molar-refractivity contribution in [3.63, 3.8) is 0 Å². The molecule has 0 saturated heterocycles. The van der Waals surface area contributed by atoms with Crippen molar-refractivity contribution in [2.24, 2.45) is 5.92 Å². The van der Waals surface area contributed by atoms with Crippen molar-refractivity contribution in [1.29, 1.82) is 0 Å². The van der Waals surface area contributed by atoms with E-state index >= 15 is 0 Å². The Morgan fingerprint density at radius 2 is 1.68 bits per heavy atom. The summed E-state index contributed by atoms with van der Waals surface area (Å²) in [5.74, 6) is -1.11. The molecule has 0 amide bonds. The summed E-state index contributed by atoms with van der Waals surface area (Å²) in [7, 11) is 0. The minimum absolute atomic E-state index is 0.0812. The highest BCUT2D eigenvalue weighted by Gasteiger charge is 2.25. The normalized spacial score (nSPS) is 11.7. The number of benzene rings is 3. The molecule has 0 radical (unpaired) electrons. The van der Waals surface area contributed by atoms with Gasteiger partial charge in [-0.1, -0.05) is 30.3 Å². The SMILES string of the molecule is Cc1oc(-c2ccccc2)nc1CCOc1cccc(CC(CC(=O)O)C(=O)Oc2ccc(OC(F)F)cc2)c1. The molecule has 4 aromatic rings. The standard InChI is InChI=1S/C30H27F2NO7/c1-19-26(33-28(38-19)21-7-3-2-4-8-21)14-15-37-25-9-5-6-20(17-25)16-22(18-27(34)35)29(36)39-23-10-12-24(13-11-23)40-30(31)32/h2-13,17,22,30H,14-16,18H2,1H3,(H,34,35). The second-order valence-electron chi connectivity index (χ2n) is 8.90. The number of nitrogens with zero attached hydrogens (tertiary/aromatic N) is 1. The van der Waals surface area contributed by atoms with Gasteiger partial charge in [0, 0.05) is 12.0 Å². The Morgan fingerprint density at radius 3 is 2.38 bits per heavy atom. The number of aliphatic carboxylic acids is 1. The molecule has 1 unspecified atom stereocenters. The van der Waals surface area contributed by atoms with Gasteiger partial charge in [0.15, 0.2) is 0 Å². The van der Waals surface area contributed by atoms with Crippen LogP contribution in [-0.2, 0) is 22.4 Å². The van der Waals surface area contributed by atoms with Crippen LogP contribution >= 0.6 is 0 Å². The number of oxazole rings is 1. The number of rotatable bonds is 13. The lowest BCUT2D eigenvalue weighted by Gasteiger charge is -2.15. The molecule has 0 spiro atoms. The van der Waals surface area contributed by atoms with Gasteiger partial charge in [-0.25, -0.2) is 4.98 Å². The van der Waals surface area contributed by atoms with Gasteiger partial charge in [0.25, 0.3) is 0 Å². The number of aryl methyl sites for hydroxylation is 1. The summed E-state index contributed by atoms with van der Waals surface area (Å²) in [6, 6.07) is 21.7. The smallest absolute Gasteiger partial charge is 0.387 e. The summed E-state index contributed by atoms with van der Waals surface area (Å²) in [6.45, 7) is -0.799. The van der Waals surface area contributed by atoms with E-state index in [1.54, 1.807) is 24.3 Å². The summed E-state index contributed by atoms with van der Waals surface area (Å²) >= 11 is 0. The van der Waals surface area contributed by atoms with Crippen molar-refractivity contribution in [3.05, 3.63) is 95.9 Å². The second kappa shape index (κ2) is 13.4. The number of aromatic nitrogens is 1. The van der Waals surface area contributed by atoms with Crippen molar-refractivity contribution in [1.82, 2.24) is 4.98 Å². The third-order valence-corrected chi connectivity index (χ3v) is 5.92. The van der Waals surface area contributed by atoms with Crippen LogP contribution in [0.2, 0.25) is 0 Å². The Kier molecular flexibility index (Phi) is 9.45. The van der Waals surface area contributed by atoms with Gasteiger partial charge < -0.3 is 23.7 Å². The molecule has 10 heteroatoms. The van der Waals surface area contributed by atoms with E-state index in [-0.39, 0.29) is 17.9 Å². The third-order valence-electron chi connectivity index (χ3n) is 5.92. The lowest BCUT2D eigenvalue weighted by Crippen LogP contribution is -2.25. The maximum absolute atomic E-state index is 12.8. The van der Waals surface area contributed by atoms with Gasteiger partial charge in [0.1, 0.15) is 23.0 Å². The first-order chi connectivity index (χ1) is 19.3. The van der Waals surface area contributed by atoms with Crippen LogP contribution in [0.1, 0.15) is 23.4 Å². The molecule has 3 aromatic carbocycles. The number of hydrogen-bond donors (Lipinski definition) is 1. The number of carboxylic acid groups (broad SMARTS) is 1. The molecule has 0 saturated carbocycles. The molecule has 0 bridgehead atoms. The fraction of sp³-hybridized carbons (Fsp3) is 0.233. The van der Waals surface area contributed by atoms with Gasteiger partial charge in [-0.3, -0.25) is 9.59 Å². The van der Waals surface area contributed by atoms with Gasteiger partial charge in [-0.05, 0) is 67.4 Å². The lowest BCUT2D eigenvalue weighted by atomic mass is 9.96. The summed E-state index contributed by atoms with van der Waals surface area (Å²) in [5, 5.41) is 9.34. The largest absolute Gasteiger partial charge is 0.493 e. The molecule has 1 N–H and O–H groups in total. The van der Waals surface area contributed by atoms with E-state index in [9.17, 15) is 23.5 Å². The Hall–Kier alpha value is -4.73. The topological polar surface area (TPSA) is 108 Å². The molecule has 4 rings (SSSR count). The zero-order valence-electron chi connectivity index (χ0n) is 21.6. The molecule has 208 valence electrons. The van der Waals surface area contributed by atoms with Crippen molar-refractivity contribution in [3.8, 4) is 28.7 Å². The van der Waals surface area contributed by atoms with Crippen LogP contribution in [0, 0.1) is 12.8 Å². The fourth-order valence-corrected chi connectivity index (χ4v) is 4.01. The molecule has 0 aliphatic heterocycles. The average Bonchev–Trinajstić information content (AvgIpc) is 3.30. The highest BCUT2D eigenvalue weighted by Crippen LogP contribution is 2.24. The molecule has 0 aliphatic rings. The molecule has 0 aliphatic carbocycles. The van der Waals surface area contributed by atoms with E-state index in [2.05, 4.69) is 9.72 Å². The minimum Gasteiger partial charge on any atom is -0.493 e. The van der Waals surface area contributed by atoms with Gasteiger partial charge in [0.05, 0.1) is 24.6 Å². The highest BCUT2D eigenvalue weighted by molar-refractivity contribution is 5.81. The zero-order chi connectivity index (χ0) is 28.5. The number of carbonyl (C=O) groups excluding carboxylic acids is 1. The summed E-state index contributed by atoms with van der Waals surface area (Å²) in [6.07, 6.45) is 0.158. The molecule has 8 nitrogen and oxygen atoms in total. The summed E-state index contributed by atoms with van der Waals surface area (Å²) in [4.78, 5) is 28.8. The van der Waals surface area contributed by atoms with Crippen LogP contribution in [0.5, 0.6) is 17.2 Å². The number of halogens is 2. The van der Waals surface area contributed by atoms with Crippen LogP contribution in [-0.4, -0.2) is 35.2 Å². The maximum Gasteiger partial charge on any atom is 0.387 e. The van der Waals surface area contributed by atoms with Gasteiger partial charge >= 0.3 is 18.6 Å². The average molecular weight is 552 g/mol. The molecular weight excluding hydrogens is 524 g/mol. The Bertz CT molecular complexity index is 1420. The van der Waals surface area contributed by atoms with Crippen molar-refractivity contribution < 1.29 is 42.1 Å². The number of esters is 1. The second-order valence-corrected chi connectivity index (χ2v) is 8.90. The quantitative estimate of drug-likeness (QED) is 0.157. The number of carboxylic acids is 1. The Labute approximate surface area is 229 Å². The number of hydrogen-bond acceptors (Lipinski definition) is 7. The number of carbonyl (C=O) groups is 2. The third kappa shape index (κ3) is 8.13. The minimum atomic E-state index is -2.98.